The zero-order chi connectivity index (χ0) is 14.0. The zero-order valence-corrected chi connectivity index (χ0v) is 11.5. The Hall–Kier alpha value is -1.61. The first kappa shape index (κ1) is 13.8. The second kappa shape index (κ2) is 5.57. The van der Waals surface area contributed by atoms with Crippen molar-refractivity contribution in [2.45, 2.75) is 12.8 Å². The predicted molar refractivity (Wildman–Crippen MR) is 75.2 cm³/mol. The molecule has 0 heterocycles. The van der Waals surface area contributed by atoms with Crippen molar-refractivity contribution in [2.24, 2.45) is 0 Å². The average molecular weight is 282 g/mol. The second-order valence-corrected chi connectivity index (χ2v) is 4.70. The first-order valence-corrected chi connectivity index (χ1v) is 6.40. The fourth-order valence-electron chi connectivity index (χ4n) is 1.91. The molecular weight excluding hydrogens is 268 g/mol. The number of halogens is 3. The van der Waals surface area contributed by atoms with E-state index in [0.29, 0.717) is 5.56 Å². The first-order valence-electron chi connectivity index (χ1n) is 5.87. The van der Waals surface area contributed by atoms with Gasteiger partial charge in [0.05, 0.1) is 0 Å². The van der Waals surface area contributed by atoms with Crippen LogP contribution < -0.4 is 4.90 Å². The lowest BCUT2D eigenvalue weighted by Gasteiger charge is -2.21. The van der Waals surface area contributed by atoms with Crippen molar-refractivity contribution in [3.05, 3.63) is 59.2 Å². The molecule has 0 amide bonds. The Kier molecular flexibility index (Phi) is 4.05. The van der Waals surface area contributed by atoms with Gasteiger partial charge in [0.1, 0.15) is 17.3 Å². The summed E-state index contributed by atoms with van der Waals surface area (Å²) in [6.45, 7) is 1.96. The van der Waals surface area contributed by atoms with Crippen LogP contribution >= 0.6 is 11.6 Å². The molecule has 2 aromatic carbocycles. The van der Waals surface area contributed by atoms with E-state index < -0.39 is 11.6 Å². The maximum absolute atomic E-state index is 14.0. The molecule has 0 radical (unpaired) electrons. The highest BCUT2D eigenvalue weighted by atomic mass is 35.5. The molecule has 0 saturated carbocycles. The number of nitrogens with zero attached hydrogens (tertiary/aromatic N) is 1. The molecule has 0 aliphatic heterocycles. The summed E-state index contributed by atoms with van der Waals surface area (Å²) in [6.07, 6.45) is 0. The number of aryl methyl sites for hydroxylation is 1. The summed E-state index contributed by atoms with van der Waals surface area (Å²) < 4.78 is 27.9. The number of hydrogen-bond donors (Lipinski definition) is 0. The van der Waals surface area contributed by atoms with Gasteiger partial charge >= 0.3 is 0 Å². The highest BCUT2D eigenvalue weighted by Gasteiger charge is 2.16. The minimum absolute atomic E-state index is 0.0716. The summed E-state index contributed by atoms with van der Waals surface area (Å²) >= 11 is 5.59. The van der Waals surface area contributed by atoms with Crippen molar-refractivity contribution in [2.75, 3.05) is 11.9 Å². The van der Waals surface area contributed by atoms with Crippen LogP contribution in [0.15, 0.2) is 36.4 Å². The average Bonchev–Trinajstić information content (AvgIpc) is 2.38. The predicted octanol–water partition coefficient (Wildman–Crippen LogP) is 4.78. The Labute approximate surface area is 116 Å². The van der Waals surface area contributed by atoms with Crippen LogP contribution in [0.4, 0.5) is 20.2 Å². The summed E-state index contributed by atoms with van der Waals surface area (Å²) in [5.41, 5.74) is 2.17. The van der Waals surface area contributed by atoms with Gasteiger partial charge in [-0.05, 0) is 36.8 Å². The summed E-state index contributed by atoms with van der Waals surface area (Å²) in [7, 11) is 1.63. The lowest BCUT2D eigenvalue weighted by molar-refractivity contribution is 0.582. The van der Waals surface area contributed by atoms with Crippen LogP contribution in [0.25, 0.3) is 0 Å². The van der Waals surface area contributed by atoms with E-state index in [-0.39, 0.29) is 11.6 Å². The van der Waals surface area contributed by atoms with Gasteiger partial charge in [-0.15, -0.1) is 11.6 Å². The van der Waals surface area contributed by atoms with Gasteiger partial charge in [-0.2, -0.15) is 0 Å². The van der Waals surface area contributed by atoms with Crippen LogP contribution in [0, 0.1) is 18.6 Å². The number of hydrogen-bond acceptors (Lipinski definition) is 1. The summed E-state index contributed by atoms with van der Waals surface area (Å²) in [4.78, 5) is 1.49. The third-order valence-electron chi connectivity index (χ3n) is 2.99. The highest BCUT2D eigenvalue weighted by molar-refractivity contribution is 6.17. The number of rotatable bonds is 3. The van der Waals surface area contributed by atoms with E-state index in [1.807, 2.05) is 31.2 Å². The number of alkyl halides is 1. The molecule has 0 aromatic heterocycles. The van der Waals surface area contributed by atoms with Crippen LogP contribution in [-0.4, -0.2) is 7.05 Å². The van der Waals surface area contributed by atoms with Crippen molar-refractivity contribution in [1.82, 2.24) is 0 Å². The van der Waals surface area contributed by atoms with Gasteiger partial charge in [0.25, 0.3) is 0 Å². The molecule has 100 valence electrons. The maximum atomic E-state index is 14.0. The van der Waals surface area contributed by atoms with Crippen LogP contribution in [0.3, 0.4) is 0 Å². The van der Waals surface area contributed by atoms with Crippen molar-refractivity contribution in [3.8, 4) is 0 Å². The van der Waals surface area contributed by atoms with E-state index in [9.17, 15) is 8.78 Å². The monoisotopic (exact) mass is 281 g/mol. The third kappa shape index (κ3) is 2.87. The second-order valence-electron chi connectivity index (χ2n) is 4.44. The van der Waals surface area contributed by atoms with Crippen LogP contribution in [0.1, 0.15) is 11.1 Å². The molecule has 0 aliphatic carbocycles. The van der Waals surface area contributed by atoms with Gasteiger partial charge in [0, 0.05) is 18.6 Å². The zero-order valence-electron chi connectivity index (χ0n) is 10.8. The van der Waals surface area contributed by atoms with Gasteiger partial charge < -0.3 is 4.90 Å². The molecular formula is C15H14ClF2N. The molecule has 1 nitrogen and oxygen atoms in total. The minimum Gasteiger partial charge on any atom is -0.340 e. The molecule has 0 saturated heterocycles. The Bertz CT molecular complexity index is 558. The fourth-order valence-corrected chi connectivity index (χ4v) is 2.07. The Balaban J connectivity index is 2.44. The molecule has 0 aliphatic rings. The first-order chi connectivity index (χ1) is 9.02. The third-order valence-corrected chi connectivity index (χ3v) is 3.30. The molecule has 0 unspecified atom stereocenters. The molecule has 4 heteroatoms. The van der Waals surface area contributed by atoms with E-state index in [0.717, 1.165) is 11.3 Å². The molecule has 19 heavy (non-hydrogen) atoms. The Morgan fingerprint density at radius 1 is 1.05 bits per heavy atom. The van der Waals surface area contributed by atoms with E-state index in [2.05, 4.69) is 0 Å². The molecule has 2 rings (SSSR count). The smallest absolute Gasteiger partial charge is 0.150 e. The quantitative estimate of drug-likeness (QED) is 0.732. The SMILES string of the molecule is Cc1ccc(N(C)c2c(F)cc(CCl)cc2F)cc1. The molecule has 0 fully saturated rings. The van der Waals surface area contributed by atoms with E-state index in [1.54, 1.807) is 7.05 Å². The van der Waals surface area contributed by atoms with Gasteiger partial charge in [-0.25, -0.2) is 8.78 Å². The van der Waals surface area contributed by atoms with Gasteiger partial charge in [0.15, 0.2) is 0 Å². The highest BCUT2D eigenvalue weighted by Crippen LogP contribution is 2.30. The van der Waals surface area contributed by atoms with E-state index in [4.69, 9.17) is 11.6 Å². The van der Waals surface area contributed by atoms with Crippen molar-refractivity contribution in [3.63, 3.8) is 0 Å². The van der Waals surface area contributed by atoms with Gasteiger partial charge in [-0.1, -0.05) is 17.7 Å². The summed E-state index contributed by atoms with van der Waals surface area (Å²) in [5.74, 6) is -1.14. The van der Waals surface area contributed by atoms with Crippen molar-refractivity contribution >= 4 is 23.0 Å². The summed E-state index contributed by atoms with van der Waals surface area (Å²) in [5, 5.41) is 0. The largest absolute Gasteiger partial charge is 0.340 e. The molecule has 0 spiro atoms. The minimum atomic E-state index is -0.612. The topological polar surface area (TPSA) is 3.24 Å². The van der Waals surface area contributed by atoms with Gasteiger partial charge in [-0.3, -0.25) is 0 Å². The van der Waals surface area contributed by atoms with E-state index in [1.165, 1.54) is 17.0 Å². The summed E-state index contributed by atoms with van der Waals surface area (Å²) in [6, 6.07) is 9.96. The molecule has 0 bridgehead atoms. The van der Waals surface area contributed by atoms with E-state index >= 15 is 0 Å². The number of anilines is 2. The van der Waals surface area contributed by atoms with Crippen LogP contribution in [0.2, 0.25) is 0 Å². The lowest BCUT2D eigenvalue weighted by atomic mass is 10.1. The van der Waals surface area contributed by atoms with Crippen LogP contribution in [-0.2, 0) is 5.88 Å². The van der Waals surface area contributed by atoms with Crippen LogP contribution in [0.5, 0.6) is 0 Å². The van der Waals surface area contributed by atoms with Crippen molar-refractivity contribution in [1.29, 1.82) is 0 Å². The van der Waals surface area contributed by atoms with Crippen molar-refractivity contribution < 1.29 is 8.78 Å². The fraction of sp³-hybridized carbons (Fsp3) is 0.200. The normalized spacial score (nSPS) is 10.6. The standard InChI is InChI=1S/C15H14ClF2N/c1-10-3-5-12(6-4-10)19(2)15-13(17)7-11(9-16)8-14(15)18/h3-8H,9H2,1-2H3. The Morgan fingerprint density at radius 3 is 2.05 bits per heavy atom. The molecule has 2 aromatic rings. The molecule has 0 N–H and O–H groups in total. The van der Waals surface area contributed by atoms with Gasteiger partial charge in [0.2, 0.25) is 0 Å². The number of benzene rings is 2. The lowest BCUT2D eigenvalue weighted by Crippen LogP contribution is -2.13. The maximum Gasteiger partial charge on any atom is 0.150 e. The Morgan fingerprint density at radius 2 is 1.58 bits per heavy atom. The molecule has 0 atom stereocenters.